The molecule has 1 aliphatic rings. The smallest absolute Gasteiger partial charge is 0.387 e. The second kappa shape index (κ2) is 3.52. The molecule has 0 bridgehead atoms. The lowest BCUT2D eigenvalue weighted by Crippen LogP contribution is -2.02. The van der Waals surface area contributed by atoms with Gasteiger partial charge in [0.2, 0.25) is 0 Å². The third kappa shape index (κ3) is 2.00. The fraction of sp³-hybridized carbons (Fsp3) is 0.400. The zero-order valence-electron chi connectivity index (χ0n) is 7.34. The van der Waals surface area contributed by atoms with Gasteiger partial charge in [-0.25, -0.2) is 4.39 Å². The van der Waals surface area contributed by atoms with Gasteiger partial charge in [0, 0.05) is 0 Å². The van der Waals surface area contributed by atoms with E-state index in [1.165, 1.54) is 18.2 Å². The summed E-state index contributed by atoms with van der Waals surface area (Å²) in [7, 11) is 0. The lowest BCUT2D eigenvalue weighted by atomic mass is 10.1. The summed E-state index contributed by atoms with van der Waals surface area (Å²) >= 11 is 0. The molecule has 1 aliphatic carbocycles. The summed E-state index contributed by atoms with van der Waals surface area (Å²) in [5.74, 6) is -0.117. The average Bonchev–Trinajstić information content (AvgIpc) is 2.90. The molecule has 1 aromatic rings. The maximum Gasteiger partial charge on any atom is 0.387 e. The van der Waals surface area contributed by atoms with Crippen molar-refractivity contribution >= 4 is 0 Å². The van der Waals surface area contributed by atoms with Crippen molar-refractivity contribution < 1.29 is 17.9 Å². The van der Waals surface area contributed by atoms with Crippen LogP contribution in [0.15, 0.2) is 18.2 Å². The first-order chi connectivity index (χ1) is 6.66. The van der Waals surface area contributed by atoms with E-state index in [4.69, 9.17) is 0 Å². The largest absolute Gasteiger partial charge is 0.435 e. The van der Waals surface area contributed by atoms with Crippen LogP contribution in [0.1, 0.15) is 24.3 Å². The van der Waals surface area contributed by atoms with E-state index in [1.54, 1.807) is 0 Å². The standard InChI is InChI=1S/C10H9F3O/c11-9-4-3-7(14-10(12)13)5-8(9)6-1-2-6/h3-6,10H,1-2H2. The molecule has 0 aromatic heterocycles. The van der Waals surface area contributed by atoms with E-state index in [9.17, 15) is 13.2 Å². The van der Waals surface area contributed by atoms with Crippen molar-refractivity contribution in [3.63, 3.8) is 0 Å². The Morgan fingerprint density at radius 2 is 2.00 bits per heavy atom. The van der Waals surface area contributed by atoms with E-state index >= 15 is 0 Å². The summed E-state index contributed by atoms with van der Waals surface area (Å²) in [6.45, 7) is -2.85. The number of alkyl halides is 2. The van der Waals surface area contributed by atoms with Gasteiger partial charge in [-0.2, -0.15) is 8.78 Å². The summed E-state index contributed by atoms with van der Waals surface area (Å²) in [6, 6.07) is 3.75. The highest BCUT2D eigenvalue weighted by Gasteiger charge is 2.27. The summed E-state index contributed by atoms with van der Waals surface area (Å²) in [4.78, 5) is 0. The van der Waals surface area contributed by atoms with Crippen molar-refractivity contribution in [3.8, 4) is 5.75 Å². The highest BCUT2D eigenvalue weighted by molar-refractivity contribution is 5.34. The van der Waals surface area contributed by atoms with Gasteiger partial charge in [0.15, 0.2) is 0 Å². The zero-order chi connectivity index (χ0) is 10.1. The molecule has 0 atom stereocenters. The van der Waals surface area contributed by atoms with Gasteiger partial charge in [0.25, 0.3) is 0 Å². The molecule has 1 fully saturated rings. The highest BCUT2D eigenvalue weighted by Crippen LogP contribution is 2.42. The monoisotopic (exact) mass is 202 g/mol. The van der Waals surface area contributed by atoms with Crippen molar-refractivity contribution in [1.82, 2.24) is 0 Å². The van der Waals surface area contributed by atoms with Gasteiger partial charge in [0.1, 0.15) is 11.6 Å². The molecule has 0 N–H and O–H groups in total. The molecule has 76 valence electrons. The fourth-order valence-electron chi connectivity index (χ4n) is 1.41. The van der Waals surface area contributed by atoms with Gasteiger partial charge < -0.3 is 4.74 Å². The molecule has 0 aliphatic heterocycles. The SMILES string of the molecule is Fc1ccc(OC(F)F)cc1C1CC1. The number of ether oxygens (including phenoxy) is 1. The maximum absolute atomic E-state index is 13.2. The summed E-state index contributed by atoms with van der Waals surface area (Å²) in [5, 5.41) is 0. The first-order valence-corrected chi connectivity index (χ1v) is 4.41. The number of hydrogen-bond donors (Lipinski definition) is 0. The third-order valence-electron chi connectivity index (χ3n) is 2.21. The molecule has 0 unspecified atom stereocenters. The molecule has 14 heavy (non-hydrogen) atoms. The molecule has 0 amide bonds. The van der Waals surface area contributed by atoms with Gasteiger partial charge in [-0.3, -0.25) is 0 Å². The Hall–Kier alpha value is -1.19. The van der Waals surface area contributed by atoms with E-state index < -0.39 is 6.61 Å². The van der Waals surface area contributed by atoms with Gasteiger partial charge in [-0.1, -0.05) is 0 Å². The molecular formula is C10H9F3O. The van der Waals surface area contributed by atoms with Gasteiger partial charge in [-0.05, 0) is 42.5 Å². The third-order valence-corrected chi connectivity index (χ3v) is 2.21. The number of halogens is 3. The second-order valence-corrected chi connectivity index (χ2v) is 3.34. The van der Waals surface area contributed by atoms with Crippen LogP contribution < -0.4 is 4.74 Å². The Balaban J connectivity index is 2.21. The first-order valence-electron chi connectivity index (χ1n) is 4.41. The van der Waals surface area contributed by atoms with Crippen LogP contribution in [0.3, 0.4) is 0 Å². The molecule has 0 heterocycles. The van der Waals surface area contributed by atoms with Gasteiger partial charge in [-0.15, -0.1) is 0 Å². The molecular weight excluding hydrogens is 193 g/mol. The fourth-order valence-corrected chi connectivity index (χ4v) is 1.41. The molecule has 4 heteroatoms. The van der Waals surface area contributed by atoms with Crippen LogP contribution in [0, 0.1) is 5.82 Å². The van der Waals surface area contributed by atoms with E-state index in [1.807, 2.05) is 0 Å². The van der Waals surface area contributed by atoms with Gasteiger partial charge >= 0.3 is 6.61 Å². The van der Waals surface area contributed by atoms with E-state index in [0.29, 0.717) is 5.56 Å². The summed E-state index contributed by atoms with van der Waals surface area (Å²) in [5.41, 5.74) is 0.489. The summed E-state index contributed by atoms with van der Waals surface area (Å²) in [6.07, 6.45) is 1.85. The van der Waals surface area contributed by atoms with Crippen LogP contribution in [0.25, 0.3) is 0 Å². The Morgan fingerprint density at radius 3 is 2.57 bits per heavy atom. The van der Waals surface area contributed by atoms with Crippen LogP contribution >= 0.6 is 0 Å². The minimum atomic E-state index is -2.85. The lowest BCUT2D eigenvalue weighted by molar-refractivity contribution is -0.0499. The second-order valence-electron chi connectivity index (χ2n) is 3.34. The first kappa shape index (κ1) is 9.37. The van der Waals surface area contributed by atoms with E-state index in [-0.39, 0.29) is 17.5 Å². The van der Waals surface area contributed by atoms with Gasteiger partial charge in [0.05, 0.1) is 0 Å². The number of benzene rings is 1. The van der Waals surface area contributed by atoms with Crippen LogP contribution in [0.2, 0.25) is 0 Å². The molecule has 0 spiro atoms. The molecule has 1 nitrogen and oxygen atoms in total. The number of hydrogen-bond acceptors (Lipinski definition) is 1. The minimum Gasteiger partial charge on any atom is -0.435 e. The molecule has 1 saturated carbocycles. The minimum absolute atomic E-state index is 0.0308. The number of rotatable bonds is 3. The normalized spacial score (nSPS) is 16.0. The molecule has 0 radical (unpaired) electrons. The van der Waals surface area contributed by atoms with Crippen LogP contribution in [0.5, 0.6) is 5.75 Å². The highest BCUT2D eigenvalue weighted by atomic mass is 19.3. The molecule has 2 rings (SSSR count). The van der Waals surface area contributed by atoms with E-state index in [2.05, 4.69) is 4.74 Å². The Kier molecular flexibility index (Phi) is 2.35. The summed E-state index contributed by atoms with van der Waals surface area (Å²) < 4.78 is 41.0. The van der Waals surface area contributed by atoms with Crippen molar-refractivity contribution in [1.29, 1.82) is 0 Å². The predicted molar refractivity (Wildman–Crippen MR) is 45.0 cm³/mol. The molecule has 1 aromatic carbocycles. The quantitative estimate of drug-likeness (QED) is 0.730. The topological polar surface area (TPSA) is 9.23 Å². The van der Waals surface area contributed by atoms with Crippen molar-refractivity contribution in [3.05, 3.63) is 29.6 Å². The van der Waals surface area contributed by atoms with Crippen molar-refractivity contribution in [2.45, 2.75) is 25.4 Å². The average molecular weight is 202 g/mol. The van der Waals surface area contributed by atoms with Crippen molar-refractivity contribution in [2.24, 2.45) is 0 Å². The maximum atomic E-state index is 13.2. The Labute approximate surface area is 79.5 Å². The van der Waals surface area contributed by atoms with E-state index in [0.717, 1.165) is 12.8 Å². The van der Waals surface area contributed by atoms with Crippen molar-refractivity contribution in [2.75, 3.05) is 0 Å². The predicted octanol–water partition coefficient (Wildman–Crippen LogP) is 3.30. The Bertz CT molecular complexity index is 334. The van der Waals surface area contributed by atoms with Crippen LogP contribution in [-0.4, -0.2) is 6.61 Å². The molecule has 0 saturated heterocycles. The van der Waals surface area contributed by atoms with Crippen LogP contribution in [-0.2, 0) is 0 Å². The zero-order valence-corrected chi connectivity index (χ0v) is 7.34. The Morgan fingerprint density at radius 1 is 1.29 bits per heavy atom. The lowest BCUT2D eigenvalue weighted by Gasteiger charge is -2.06. The van der Waals surface area contributed by atoms with Crippen LogP contribution in [0.4, 0.5) is 13.2 Å².